The second kappa shape index (κ2) is 13.9. The first-order valence-corrected chi connectivity index (χ1v) is 13.1. The van der Waals surface area contributed by atoms with Crippen LogP contribution in [0.5, 0.6) is 11.5 Å². The van der Waals surface area contributed by atoms with Gasteiger partial charge in [-0.2, -0.15) is 13.2 Å². The quantitative estimate of drug-likeness (QED) is 0.171. The number of carboxylic acid groups (broad SMARTS) is 1. The Morgan fingerprint density at radius 3 is 2.54 bits per heavy atom. The molecule has 198 valence electrons. The van der Waals surface area contributed by atoms with E-state index in [1.807, 2.05) is 24.4 Å². The number of nitrogens with zero attached hydrogens (tertiary/aromatic N) is 2. The van der Waals surface area contributed by atoms with Crippen molar-refractivity contribution in [2.24, 2.45) is 0 Å². The number of fused-ring (bicyclic) bond motifs is 1. The monoisotopic (exact) mass is 646 g/mol. The topological polar surface area (TPSA) is 71.9 Å². The van der Waals surface area contributed by atoms with Gasteiger partial charge in [0, 0.05) is 24.3 Å². The zero-order chi connectivity index (χ0) is 26.8. The largest absolute Gasteiger partial charge is 0.490 e. The van der Waals surface area contributed by atoms with Gasteiger partial charge in [0.05, 0.1) is 10.2 Å². The third kappa shape index (κ3) is 8.50. The summed E-state index contributed by atoms with van der Waals surface area (Å²) in [5, 5.41) is 9.72. The number of benzene rings is 2. The molecular weight excluding hydrogens is 620 g/mol. The number of rotatable bonds is 8. The van der Waals surface area contributed by atoms with Gasteiger partial charge < -0.3 is 19.5 Å². The van der Waals surface area contributed by atoms with Crippen molar-refractivity contribution in [3.05, 3.63) is 64.0 Å². The summed E-state index contributed by atoms with van der Waals surface area (Å²) in [6, 6.07) is 14.4. The molecule has 1 saturated heterocycles. The molecule has 6 nitrogen and oxygen atoms in total. The average molecular weight is 646 g/mol. The van der Waals surface area contributed by atoms with Crippen LogP contribution in [0.2, 0.25) is 0 Å². The van der Waals surface area contributed by atoms with Gasteiger partial charge in [-0.3, -0.25) is 4.98 Å². The number of aliphatic carboxylic acids is 1. The van der Waals surface area contributed by atoms with Crippen molar-refractivity contribution in [1.29, 1.82) is 0 Å². The molecule has 2 aromatic carbocycles. The van der Waals surface area contributed by atoms with Gasteiger partial charge in [0.1, 0.15) is 0 Å². The van der Waals surface area contributed by atoms with Gasteiger partial charge in [0.25, 0.3) is 0 Å². The van der Waals surface area contributed by atoms with Crippen LogP contribution in [0.25, 0.3) is 10.8 Å². The lowest BCUT2D eigenvalue weighted by Crippen LogP contribution is -2.34. The molecule has 1 N–H and O–H groups in total. The molecule has 0 amide bonds. The number of thiocarbonyl (C=S) groups is 1. The Labute approximate surface area is 231 Å². The van der Waals surface area contributed by atoms with Gasteiger partial charge in [-0.05, 0) is 96.2 Å². The SMILES string of the molecule is O=C(O)C(F)(F)F.S=COc1cccc(I)c1OCCCN1CCC(c2cncc3ccccc23)CC1. The molecule has 1 aliphatic rings. The molecule has 1 aliphatic heterocycles. The molecule has 1 fully saturated rings. The second-order valence-electron chi connectivity index (χ2n) is 8.35. The number of hydrogen-bond donors (Lipinski definition) is 1. The number of halogens is 4. The zero-order valence-electron chi connectivity index (χ0n) is 19.8. The molecule has 0 atom stereocenters. The molecular formula is C26H26F3IN2O4S. The van der Waals surface area contributed by atoms with E-state index in [4.69, 9.17) is 31.6 Å². The number of alkyl halides is 3. The van der Waals surface area contributed by atoms with Crippen LogP contribution in [0.15, 0.2) is 54.9 Å². The predicted octanol–water partition coefficient (Wildman–Crippen LogP) is 6.46. The highest BCUT2D eigenvalue weighted by Crippen LogP contribution is 2.33. The third-order valence-electron chi connectivity index (χ3n) is 5.94. The summed E-state index contributed by atoms with van der Waals surface area (Å²) >= 11 is 7.08. The van der Waals surface area contributed by atoms with E-state index in [0.29, 0.717) is 18.3 Å². The number of hydrogen-bond acceptors (Lipinski definition) is 6. The first-order valence-electron chi connectivity index (χ1n) is 11.6. The van der Waals surface area contributed by atoms with E-state index >= 15 is 0 Å². The number of likely N-dealkylation sites (tertiary alicyclic amines) is 1. The molecule has 1 aromatic heterocycles. The molecule has 0 unspecified atom stereocenters. The van der Waals surface area contributed by atoms with Crippen molar-refractivity contribution in [1.82, 2.24) is 9.88 Å². The summed E-state index contributed by atoms with van der Waals surface area (Å²) in [6.45, 7) is 3.96. The second-order valence-corrected chi connectivity index (χ2v) is 9.71. The molecule has 0 saturated carbocycles. The minimum Gasteiger partial charge on any atom is -0.489 e. The van der Waals surface area contributed by atoms with Gasteiger partial charge in [-0.15, -0.1) is 0 Å². The van der Waals surface area contributed by atoms with Crippen molar-refractivity contribution in [3.8, 4) is 11.5 Å². The Hall–Kier alpha value is -2.51. The summed E-state index contributed by atoms with van der Waals surface area (Å²) in [6.07, 6.45) is 2.30. The normalized spacial score (nSPS) is 14.5. The molecule has 0 bridgehead atoms. The molecule has 0 spiro atoms. The predicted molar refractivity (Wildman–Crippen MR) is 147 cm³/mol. The van der Waals surface area contributed by atoms with Crippen LogP contribution in [0.3, 0.4) is 0 Å². The summed E-state index contributed by atoms with van der Waals surface area (Å²) in [5.41, 5.74) is 2.68. The van der Waals surface area contributed by atoms with E-state index in [9.17, 15) is 13.2 Å². The molecule has 3 aromatic rings. The van der Waals surface area contributed by atoms with Gasteiger partial charge in [-0.25, -0.2) is 4.79 Å². The van der Waals surface area contributed by atoms with E-state index in [1.165, 1.54) is 34.7 Å². The van der Waals surface area contributed by atoms with E-state index in [1.54, 1.807) is 0 Å². The van der Waals surface area contributed by atoms with Crippen LogP contribution < -0.4 is 9.47 Å². The van der Waals surface area contributed by atoms with Crippen molar-refractivity contribution in [2.75, 3.05) is 26.2 Å². The third-order valence-corrected chi connectivity index (χ3v) is 6.89. The van der Waals surface area contributed by atoms with E-state index in [0.717, 1.165) is 35.4 Å². The highest BCUT2D eigenvalue weighted by Gasteiger charge is 2.38. The summed E-state index contributed by atoms with van der Waals surface area (Å²) in [4.78, 5) is 15.9. The zero-order valence-corrected chi connectivity index (χ0v) is 22.8. The van der Waals surface area contributed by atoms with Crippen LogP contribution in [0.1, 0.15) is 30.7 Å². The smallest absolute Gasteiger partial charge is 0.489 e. The summed E-state index contributed by atoms with van der Waals surface area (Å²) < 4.78 is 44.2. The fourth-order valence-electron chi connectivity index (χ4n) is 4.17. The molecule has 11 heteroatoms. The van der Waals surface area contributed by atoms with Gasteiger partial charge >= 0.3 is 12.1 Å². The molecule has 37 heavy (non-hydrogen) atoms. The number of pyridine rings is 1. The Balaban J connectivity index is 0.000000479. The Kier molecular flexibility index (Phi) is 10.9. The number of ether oxygens (including phenoxy) is 2. The maximum Gasteiger partial charge on any atom is 0.490 e. The molecule has 0 radical (unpaired) electrons. The Morgan fingerprint density at radius 2 is 1.86 bits per heavy atom. The number of aromatic nitrogens is 1. The average Bonchev–Trinajstić information content (AvgIpc) is 2.88. The summed E-state index contributed by atoms with van der Waals surface area (Å²) in [7, 11) is 0. The fourth-order valence-corrected chi connectivity index (χ4v) is 4.90. The van der Waals surface area contributed by atoms with E-state index in [2.05, 4.69) is 62.9 Å². The molecule has 0 aliphatic carbocycles. The Bertz CT molecular complexity index is 1200. The number of carboxylic acids is 1. The minimum absolute atomic E-state index is 0.594. The minimum atomic E-state index is -5.08. The van der Waals surface area contributed by atoms with E-state index < -0.39 is 12.1 Å². The standard InChI is InChI=1S/C24H25IN2O2S.C2HF3O2/c25-22-7-3-8-23(29-17-30)24(22)28-14-4-11-27-12-9-18(10-13-27)21-16-26-15-19-5-1-2-6-20(19)21;3-2(4,5)1(6)7/h1-3,5-8,15-18H,4,9-14H2;(H,6,7). The van der Waals surface area contributed by atoms with Crippen LogP contribution in [0, 0.1) is 3.57 Å². The van der Waals surface area contributed by atoms with E-state index in [-0.39, 0.29) is 0 Å². The van der Waals surface area contributed by atoms with Crippen LogP contribution in [-0.4, -0.2) is 58.9 Å². The lowest BCUT2D eigenvalue weighted by atomic mass is 9.87. The summed E-state index contributed by atoms with van der Waals surface area (Å²) in [5.74, 6) is -0.702. The van der Waals surface area contributed by atoms with Crippen LogP contribution in [-0.2, 0) is 4.79 Å². The van der Waals surface area contributed by atoms with Crippen molar-refractivity contribution >= 4 is 57.1 Å². The van der Waals surface area contributed by atoms with Gasteiger partial charge in [0.15, 0.2) is 17.1 Å². The lowest BCUT2D eigenvalue weighted by molar-refractivity contribution is -0.192. The molecule has 4 rings (SSSR count). The lowest BCUT2D eigenvalue weighted by Gasteiger charge is -2.32. The van der Waals surface area contributed by atoms with Crippen molar-refractivity contribution < 1.29 is 32.5 Å². The fraction of sp³-hybridized carbons (Fsp3) is 0.346. The van der Waals surface area contributed by atoms with Crippen molar-refractivity contribution in [3.63, 3.8) is 0 Å². The molecule has 2 heterocycles. The highest BCUT2D eigenvalue weighted by molar-refractivity contribution is 14.1. The van der Waals surface area contributed by atoms with Gasteiger partial charge in [0.2, 0.25) is 0 Å². The number of carbonyl (C=O) groups is 1. The maximum absolute atomic E-state index is 10.6. The first kappa shape index (κ1) is 29.1. The first-order chi connectivity index (χ1) is 17.7. The maximum atomic E-state index is 10.6. The van der Waals surface area contributed by atoms with Crippen molar-refractivity contribution in [2.45, 2.75) is 31.4 Å². The van der Waals surface area contributed by atoms with Crippen LogP contribution in [0.4, 0.5) is 13.2 Å². The van der Waals surface area contributed by atoms with Crippen LogP contribution >= 0.6 is 34.8 Å². The van der Waals surface area contributed by atoms with Gasteiger partial charge in [-0.1, -0.05) is 30.3 Å². The number of piperidine rings is 1. The Morgan fingerprint density at radius 1 is 1.16 bits per heavy atom. The number of para-hydroxylation sites is 1. The highest BCUT2D eigenvalue weighted by atomic mass is 127.